The van der Waals surface area contributed by atoms with Gasteiger partial charge in [0.2, 0.25) is 0 Å². The van der Waals surface area contributed by atoms with Crippen LogP contribution in [0, 0.1) is 34.5 Å². The zero-order chi connectivity index (χ0) is 30.1. The van der Waals surface area contributed by atoms with Gasteiger partial charge in [0, 0.05) is 34.1 Å². The smallest absolute Gasteiger partial charge is 0.469 e. The van der Waals surface area contributed by atoms with Crippen molar-refractivity contribution in [2.45, 2.75) is 115 Å². The van der Waals surface area contributed by atoms with E-state index in [1.165, 1.54) is 0 Å². The van der Waals surface area contributed by atoms with Crippen molar-refractivity contribution < 1.29 is 22.2 Å². The molecule has 0 aromatic heterocycles. The molecule has 224 valence electrons. The summed E-state index contributed by atoms with van der Waals surface area (Å²) in [6.45, 7) is 35.8. The first-order valence-corrected chi connectivity index (χ1v) is 38.7. The minimum Gasteiger partial charge on any atom is -0.478 e. The topological polar surface area (TPSA) is 65.0 Å². The molecule has 1 aliphatic rings. The third-order valence-corrected chi connectivity index (χ3v) is 94.6. The van der Waals surface area contributed by atoms with Crippen LogP contribution in [-0.4, -0.2) is 70.3 Å². The van der Waals surface area contributed by atoms with Crippen molar-refractivity contribution in [1.29, 1.82) is 0 Å². The molecular formula is C26H62O5Si7. The van der Waals surface area contributed by atoms with E-state index < -0.39 is 44.9 Å². The number of carboxylic acids is 1. The standard InChI is InChI=1S/C26H62O5Si7/c1-18(2)22(8)23(24(27)28)26(19(3)4,20(5)6)25(9,10)21(7)17-38(30-36(11,12)13,31-37(14,15)16)29-35-33-32-34-35/h18-21,35H,17,32-34H2,1-16H3,(H,27,28). The van der Waals surface area contributed by atoms with Crippen molar-refractivity contribution in [2.24, 2.45) is 34.5 Å². The summed E-state index contributed by atoms with van der Waals surface area (Å²) < 4.78 is 21.5. The molecular weight excluding hydrogens is 589 g/mol. The normalized spacial score (nSPS) is 21.5. The van der Waals surface area contributed by atoms with Gasteiger partial charge in [-0.1, -0.05) is 67.9 Å². The van der Waals surface area contributed by atoms with Gasteiger partial charge < -0.3 is 17.5 Å². The highest BCUT2D eigenvalue weighted by molar-refractivity contribution is 7.80. The Hall–Kier alpha value is 0.608. The van der Waals surface area contributed by atoms with Crippen molar-refractivity contribution in [3.8, 4) is 0 Å². The number of hydrogen-bond donors (Lipinski definition) is 1. The van der Waals surface area contributed by atoms with E-state index in [9.17, 15) is 9.90 Å². The van der Waals surface area contributed by atoms with E-state index in [1.807, 2.05) is 6.92 Å². The molecule has 38 heavy (non-hydrogen) atoms. The molecule has 1 unspecified atom stereocenters. The average Bonchev–Trinajstić information content (AvgIpc) is 2.64. The molecule has 12 heteroatoms. The van der Waals surface area contributed by atoms with Gasteiger partial charge in [-0.05, 0) is 83.8 Å². The van der Waals surface area contributed by atoms with E-state index in [1.54, 1.807) is 0 Å². The molecule has 0 aromatic carbocycles. The number of hydrogen-bond acceptors (Lipinski definition) is 4. The fraction of sp³-hybridized carbons (Fsp3) is 0.885. The van der Waals surface area contributed by atoms with Crippen molar-refractivity contribution in [2.75, 3.05) is 0 Å². The Morgan fingerprint density at radius 1 is 0.868 bits per heavy atom. The third kappa shape index (κ3) is 8.57. The average molecular weight is 651 g/mol. The minimum absolute atomic E-state index is 0.106. The maximum atomic E-state index is 13.1. The highest BCUT2D eigenvalue weighted by atomic mass is 30.1. The van der Waals surface area contributed by atoms with Crippen LogP contribution in [0.1, 0.15) is 69.2 Å². The van der Waals surface area contributed by atoms with E-state index in [2.05, 4.69) is 102 Å². The van der Waals surface area contributed by atoms with Gasteiger partial charge >= 0.3 is 14.8 Å². The first kappa shape index (κ1) is 36.6. The molecule has 0 aliphatic carbocycles. The van der Waals surface area contributed by atoms with E-state index >= 15 is 0 Å². The molecule has 5 nitrogen and oxygen atoms in total. The van der Waals surface area contributed by atoms with E-state index in [0.29, 0.717) is 14.1 Å². The van der Waals surface area contributed by atoms with Gasteiger partial charge in [0.1, 0.15) is 8.08 Å². The minimum atomic E-state index is -2.92. The first-order chi connectivity index (χ1) is 16.9. The molecule has 1 fully saturated rings. The zero-order valence-corrected chi connectivity index (χ0v) is 36.2. The Bertz CT molecular complexity index is 816. The quantitative estimate of drug-likeness (QED) is 0.205. The van der Waals surface area contributed by atoms with Gasteiger partial charge in [0.15, 0.2) is 16.6 Å². The maximum absolute atomic E-state index is 13.1. The van der Waals surface area contributed by atoms with E-state index in [4.69, 9.17) is 12.3 Å². The summed E-state index contributed by atoms with van der Waals surface area (Å²) in [7, 11) is -7.21. The first-order valence-electron chi connectivity index (χ1n) is 15.0. The van der Waals surface area contributed by atoms with Crippen molar-refractivity contribution >= 4 is 65.1 Å². The van der Waals surface area contributed by atoms with Crippen LogP contribution in [0.2, 0.25) is 45.3 Å². The van der Waals surface area contributed by atoms with Crippen LogP contribution >= 0.6 is 0 Å². The summed E-state index contributed by atoms with van der Waals surface area (Å²) in [5.74, 6) is -0.108. The molecule has 0 spiro atoms. The summed E-state index contributed by atoms with van der Waals surface area (Å²) in [6, 6.07) is 0.803. The molecule has 1 atom stereocenters. The molecule has 1 aliphatic heterocycles. The molecule has 1 saturated heterocycles. The Balaban J connectivity index is 3.86. The van der Waals surface area contributed by atoms with Gasteiger partial charge in [-0.3, -0.25) is 0 Å². The molecule has 0 amide bonds. The molecule has 0 radical (unpaired) electrons. The molecule has 1 N–H and O–H groups in total. The second-order valence-electron chi connectivity index (χ2n) is 15.3. The van der Waals surface area contributed by atoms with Crippen LogP contribution in [0.5, 0.6) is 0 Å². The SMILES string of the molecule is CC(=C(C(=O)O)C(C(C)C)(C(C)C)C(C)(C)C(C)C[Si](O[SiH]1[SiH2][SiH2][SiH2]1)(O[Si](C)(C)C)O[Si](C)(C)C)C(C)C. The van der Waals surface area contributed by atoms with Gasteiger partial charge in [0.25, 0.3) is 0 Å². The fourth-order valence-electron chi connectivity index (χ4n) is 6.93. The second-order valence-corrected chi connectivity index (χ2v) is 62.5. The number of carbonyl (C=O) groups is 1. The number of rotatable bonds is 15. The molecule has 1 heterocycles. The predicted octanol–water partition coefficient (Wildman–Crippen LogP) is 4.73. The summed E-state index contributed by atoms with van der Waals surface area (Å²) in [5, 5.41) is 10.8. The van der Waals surface area contributed by atoms with Crippen LogP contribution in [0.3, 0.4) is 0 Å². The molecule has 0 bridgehead atoms. The summed E-state index contributed by atoms with van der Waals surface area (Å²) in [6.07, 6.45) is 0. The number of carboxylic acid groups (broad SMARTS) is 1. The van der Waals surface area contributed by atoms with Crippen molar-refractivity contribution in [3.63, 3.8) is 0 Å². The van der Waals surface area contributed by atoms with E-state index in [0.717, 1.165) is 11.6 Å². The molecule has 1 rings (SSSR count). The van der Waals surface area contributed by atoms with Crippen LogP contribution in [0.4, 0.5) is 0 Å². The maximum Gasteiger partial charge on any atom is 0.469 e. The van der Waals surface area contributed by atoms with Crippen molar-refractivity contribution in [3.05, 3.63) is 11.1 Å². The highest BCUT2D eigenvalue weighted by Crippen LogP contribution is 2.61. The lowest BCUT2D eigenvalue weighted by Gasteiger charge is -2.57. The second kappa shape index (κ2) is 13.3. The summed E-state index contributed by atoms with van der Waals surface area (Å²) in [5.41, 5.74) is 0.784. The van der Waals surface area contributed by atoms with Gasteiger partial charge in [-0.15, -0.1) is 0 Å². The van der Waals surface area contributed by atoms with Gasteiger partial charge in [-0.2, -0.15) is 0 Å². The van der Waals surface area contributed by atoms with Crippen LogP contribution < -0.4 is 0 Å². The number of allylic oxidation sites excluding steroid dienone is 1. The lowest BCUT2D eigenvalue weighted by molar-refractivity contribution is -0.138. The Labute approximate surface area is 246 Å². The Kier molecular flexibility index (Phi) is 12.8. The monoisotopic (exact) mass is 650 g/mol. The fourth-order valence-corrected chi connectivity index (χ4v) is 64.2. The lowest BCUT2D eigenvalue weighted by atomic mass is 9.47. The largest absolute Gasteiger partial charge is 0.478 e. The van der Waals surface area contributed by atoms with Crippen molar-refractivity contribution in [1.82, 2.24) is 0 Å². The van der Waals surface area contributed by atoms with Crippen LogP contribution in [0.25, 0.3) is 0 Å². The Morgan fingerprint density at radius 2 is 1.29 bits per heavy atom. The number of aliphatic carboxylic acids is 1. The third-order valence-electron chi connectivity index (χ3n) is 8.89. The lowest BCUT2D eigenvalue weighted by Crippen LogP contribution is -2.66. The predicted molar refractivity (Wildman–Crippen MR) is 184 cm³/mol. The highest BCUT2D eigenvalue weighted by Gasteiger charge is 2.60. The van der Waals surface area contributed by atoms with Gasteiger partial charge in [0.05, 0.1) is 0 Å². The summed E-state index contributed by atoms with van der Waals surface area (Å²) >= 11 is 0. The van der Waals surface area contributed by atoms with Crippen LogP contribution in [0.15, 0.2) is 11.1 Å². The van der Waals surface area contributed by atoms with Gasteiger partial charge in [-0.25, -0.2) is 4.79 Å². The zero-order valence-electron chi connectivity index (χ0n) is 27.8. The molecule has 0 saturated carbocycles. The van der Waals surface area contributed by atoms with E-state index in [-0.39, 0.29) is 46.2 Å². The molecule has 0 aromatic rings. The van der Waals surface area contributed by atoms with Crippen LogP contribution in [-0.2, 0) is 17.1 Å². The Morgan fingerprint density at radius 3 is 1.55 bits per heavy atom. The summed E-state index contributed by atoms with van der Waals surface area (Å²) in [4.78, 5) is 13.1.